The Morgan fingerprint density at radius 2 is 1.96 bits per heavy atom. The minimum atomic E-state index is 0.580. The highest BCUT2D eigenvalue weighted by atomic mass is 16.5. The molecule has 0 unspecified atom stereocenters. The quantitative estimate of drug-likeness (QED) is 0.563. The lowest BCUT2D eigenvalue weighted by atomic mass is 10.1. The number of hydrogen-bond donors (Lipinski definition) is 2. The molecule has 0 spiro atoms. The van der Waals surface area contributed by atoms with Crippen molar-refractivity contribution in [2.75, 3.05) is 19.7 Å². The van der Waals surface area contributed by atoms with Gasteiger partial charge in [-0.15, -0.1) is 0 Å². The third kappa shape index (κ3) is 5.25. The fourth-order valence-corrected chi connectivity index (χ4v) is 2.92. The van der Waals surface area contributed by atoms with Gasteiger partial charge in [-0.2, -0.15) is 5.10 Å². The lowest BCUT2D eigenvalue weighted by Gasteiger charge is -2.13. The Labute approximate surface area is 156 Å². The number of benzene rings is 1. The van der Waals surface area contributed by atoms with Crippen molar-refractivity contribution < 1.29 is 4.74 Å². The number of aliphatic imine (C=N–C) groups is 1. The molecule has 2 N–H and O–H groups in total. The second-order valence-electron chi connectivity index (χ2n) is 6.19. The van der Waals surface area contributed by atoms with E-state index >= 15 is 0 Å². The maximum atomic E-state index is 5.68. The molecule has 0 saturated heterocycles. The van der Waals surface area contributed by atoms with Crippen LogP contribution in [-0.2, 0) is 20.0 Å². The van der Waals surface area contributed by atoms with Gasteiger partial charge in [-0.3, -0.25) is 4.68 Å². The number of hydrogen-bond acceptors (Lipinski definition) is 3. The number of nitrogens with one attached hydrogen (secondary N) is 2. The first kappa shape index (κ1) is 19.8. The van der Waals surface area contributed by atoms with Crippen LogP contribution >= 0.6 is 0 Å². The van der Waals surface area contributed by atoms with Gasteiger partial charge in [0, 0.05) is 31.4 Å². The first-order chi connectivity index (χ1) is 12.6. The Balaban J connectivity index is 1.98. The van der Waals surface area contributed by atoms with Gasteiger partial charge in [0.1, 0.15) is 5.75 Å². The third-order valence-corrected chi connectivity index (χ3v) is 4.35. The van der Waals surface area contributed by atoms with Crippen LogP contribution in [0.3, 0.4) is 0 Å². The van der Waals surface area contributed by atoms with Crippen molar-refractivity contribution in [1.82, 2.24) is 20.4 Å². The van der Waals surface area contributed by atoms with E-state index in [0.717, 1.165) is 42.5 Å². The number of nitrogens with zero attached hydrogens (tertiary/aromatic N) is 3. The molecule has 1 aromatic carbocycles. The SMILES string of the molecule is CCNC(=NCc1ccccc1OCC)NCCc1c(C)nn(C)c1C. The summed E-state index contributed by atoms with van der Waals surface area (Å²) in [6.07, 6.45) is 0.922. The maximum Gasteiger partial charge on any atom is 0.191 e. The Morgan fingerprint density at radius 1 is 1.19 bits per heavy atom. The molecule has 0 atom stereocenters. The molecule has 0 radical (unpaired) electrons. The van der Waals surface area contributed by atoms with Gasteiger partial charge in [0.2, 0.25) is 0 Å². The predicted octanol–water partition coefficient (Wildman–Crippen LogP) is 2.73. The predicted molar refractivity (Wildman–Crippen MR) is 107 cm³/mol. The molecule has 0 bridgehead atoms. The van der Waals surface area contributed by atoms with Crippen molar-refractivity contribution in [3.05, 3.63) is 46.8 Å². The second-order valence-corrected chi connectivity index (χ2v) is 6.19. The van der Waals surface area contributed by atoms with Crippen molar-refractivity contribution in [2.24, 2.45) is 12.0 Å². The number of rotatable bonds is 8. The van der Waals surface area contributed by atoms with E-state index in [1.165, 1.54) is 11.3 Å². The van der Waals surface area contributed by atoms with E-state index in [0.29, 0.717) is 13.2 Å². The van der Waals surface area contributed by atoms with Crippen molar-refractivity contribution in [1.29, 1.82) is 0 Å². The zero-order valence-corrected chi connectivity index (χ0v) is 16.6. The van der Waals surface area contributed by atoms with E-state index in [1.807, 2.05) is 36.9 Å². The van der Waals surface area contributed by atoms with Crippen molar-refractivity contribution in [3.63, 3.8) is 0 Å². The summed E-state index contributed by atoms with van der Waals surface area (Å²) in [4.78, 5) is 4.70. The van der Waals surface area contributed by atoms with Gasteiger partial charge in [0.25, 0.3) is 0 Å². The van der Waals surface area contributed by atoms with E-state index in [1.54, 1.807) is 0 Å². The van der Waals surface area contributed by atoms with Gasteiger partial charge in [-0.1, -0.05) is 18.2 Å². The fraction of sp³-hybridized carbons (Fsp3) is 0.500. The van der Waals surface area contributed by atoms with Gasteiger partial charge >= 0.3 is 0 Å². The van der Waals surface area contributed by atoms with Gasteiger partial charge in [0.05, 0.1) is 18.8 Å². The van der Waals surface area contributed by atoms with Crippen molar-refractivity contribution in [3.8, 4) is 5.75 Å². The summed E-state index contributed by atoms with van der Waals surface area (Å²) in [6.45, 7) is 11.1. The van der Waals surface area contributed by atoms with Crippen LogP contribution in [0.4, 0.5) is 0 Å². The Bertz CT molecular complexity index is 736. The van der Waals surface area contributed by atoms with Gasteiger partial charge in [-0.05, 0) is 45.7 Å². The maximum absolute atomic E-state index is 5.68. The van der Waals surface area contributed by atoms with Crippen molar-refractivity contribution in [2.45, 2.75) is 40.7 Å². The standard InChI is InChI=1S/C20H31N5O/c1-6-21-20(22-13-12-18-15(3)24-25(5)16(18)4)23-14-17-10-8-9-11-19(17)26-7-2/h8-11H,6-7,12-14H2,1-5H3,(H2,21,22,23). The summed E-state index contributed by atoms with van der Waals surface area (Å²) in [5.41, 5.74) is 4.71. The van der Waals surface area contributed by atoms with Crippen LogP contribution in [-0.4, -0.2) is 35.4 Å². The highest BCUT2D eigenvalue weighted by molar-refractivity contribution is 5.79. The summed E-state index contributed by atoms with van der Waals surface area (Å²) in [6, 6.07) is 8.05. The summed E-state index contributed by atoms with van der Waals surface area (Å²) in [5, 5.41) is 11.2. The van der Waals surface area contributed by atoms with Crippen molar-refractivity contribution >= 4 is 5.96 Å². The summed E-state index contributed by atoms with van der Waals surface area (Å²) in [5.74, 6) is 1.72. The third-order valence-electron chi connectivity index (χ3n) is 4.35. The number of aryl methyl sites for hydroxylation is 2. The Kier molecular flexibility index (Phi) is 7.51. The highest BCUT2D eigenvalue weighted by Gasteiger charge is 2.09. The van der Waals surface area contributed by atoms with Crippen LogP contribution in [0.1, 0.15) is 36.4 Å². The smallest absolute Gasteiger partial charge is 0.191 e. The zero-order valence-electron chi connectivity index (χ0n) is 16.6. The van der Waals surface area contributed by atoms with Crippen LogP contribution in [0.5, 0.6) is 5.75 Å². The Morgan fingerprint density at radius 3 is 2.62 bits per heavy atom. The normalized spacial score (nSPS) is 11.5. The summed E-state index contributed by atoms with van der Waals surface area (Å²) in [7, 11) is 1.99. The molecule has 26 heavy (non-hydrogen) atoms. The zero-order chi connectivity index (χ0) is 18.9. The number of para-hydroxylation sites is 1. The van der Waals surface area contributed by atoms with Crippen LogP contribution in [0.2, 0.25) is 0 Å². The number of guanidine groups is 1. The van der Waals surface area contributed by atoms with E-state index in [4.69, 9.17) is 9.73 Å². The molecule has 0 saturated carbocycles. The minimum absolute atomic E-state index is 0.580. The molecule has 0 aliphatic rings. The summed E-state index contributed by atoms with van der Waals surface area (Å²) < 4.78 is 7.62. The first-order valence-corrected chi connectivity index (χ1v) is 9.28. The van der Waals surface area contributed by atoms with Gasteiger partial charge in [-0.25, -0.2) is 4.99 Å². The molecule has 0 aliphatic heterocycles. The van der Waals surface area contributed by atoms with Crippen LogP contribution < -0.4 is 15.4 Å². The highest BCUT2D eigenvalue weighted by Crippen LogP contribution is 2.18. The van der Waals surface area contributed by atoms with E-state index in [9.17, 15) is 0 Å². The molecule has 2 rings (SSSR count). The van der Waals surface area contributed by atoms with E-state index in [-0.39, 0.29) is 0 Å². The molecular formula is C20H31N5O. The molecule has 6 heteroatoms. The lowest BCUT2D eigenvalue weighted by molar-refractivity contribution is 0.336. The molecule has 1 heterocycles. The first-order valence-electron chi connectivity index (χ1n) is 9.28. The topological polar surface area (TPSA) is 63.5 Å². The fourth-order valence-electron chi connectivity index (χ4n) is 2.92. The molecule has 0 fully saturated rings. The largest absolute Gasteiger partial charge is 0.494 e. The summed E-state index contributed by atoms with van der Waals surface area (Å²) >= 11 is 0. The average molecular weight is 358 g/mol. The van der Waals surface area contributed by atoms with Crippen LogP contribution in [0.25, 0.3) is 0 Å². The van der Waals surface area contributed by atoms with Gasteiger partial charge in [0.15, 0.2) is 5.96 Å². The van der Waals surface area contributed by atoms with Crippen LogP contribution in [0.15, 0.2) is 29.3 Å². The lowest BCUT2D eigenvalue weighted by Crippen LogP contribution is -2.38. The number of ether oxygens (including phenoxy) is 1. The Hall–Kier alpha value is -2.50. The monoisotopic (exact) mass is 357 g/mol. The molecule has 142 valence electrons. The molecule has 0 aliphatic carbocycles. The average Bonchev–Trinajstić information content (AvgIpc) is 2.87. The van der Waals surface area contributed by atoms with E-state index < -0.39 is 0 Å². The molecule has 2 aromatic rings. The minimum Gasteiger partial charge on any atom is -0.494 e. The second kappa shape index (κ2) is 9.85. The number of aromatic nitrogens is 2. The molecule has 0 amide bonds. The molecule has 6 nitrogen and oxygen atoms in total. The van der Waals surface area contributed by atoms with Gasteiger partial charge < -0.3 is 15.4 Å². The van der Waals surface area contributed by atoms with E-state index in [2.05, 4.69) is 42.6 Å². The molecule has 1 aromatic heterocycles. The van der Waals surface area contributed by atoms with Crippen LogP contribution in [0, 0.1) is 13.8 Å². The molecular weight excluding hydrogens is 326 g/mol.